The second-order valence-electron chi connectivity index (χ2n) is 7.79. The summed E-state index contributed by atoms with van der Waals surface area (Å²) in [5.41, 5.74) is 3.28. The lowest BCUT2D eigenvalue weighted by Crippen LogP contribution is -2.15. The van der Waals surface area contributed by atoms with Gasteiger partial charge in [0.05, 0.1) is 24.8 Å². The number of aryl methyl sites for hydroxylation is 2. The number of ether oxygens (including phenoxy) is 3. The molecule has 0 saturated heterocycles. The maximum Gasteiger partial charge on any atom is 0.161 e. The predicted octanol–water partition coefficient (Wildman–Crippen LogP) is 6.35. The summed E-state index contributed by atoms with van der Waals surface area (Å²) >= 11 is 0. The zero-order chi connectivity index (χ0) is 22.3. The van der Waals surface area contributed by atoms with Crippen LogP contribution >= 0.6 is 0 Å². The Bertz CT molecular complexity index is 1170. The highest BCUT2D eigenvalue weighted by molar-refractivity contribution is 5.76. The molecule has 3 aromatic carbocycles. The van der Waals surface area contributed by atoms with Crippen LogP contribution in [0, 0.1) is 6.92 Å². The van der Waals surface area contributed by atoms with Gasteiger partial charge in [-0.1, -0.05) is 43.3 Å². The maximum atomic E-state index is 6.38. The van der Waals surface area contributed by atoms with Crippen LogP contribution in [0.4, 0.5) is 0 Å². The van der Waals surface area contributed by atoms with Crippen LogP contribution < -0.4 is 14.2 Å². The Morgan fingerprint density at radius 2 is 1.72 bits per heavy atom. The van der Waals surface area contributed by atoms with Crippen LogP contribution in [-0.2, 0) is 6.54 Å². The Hall–Kier alpha value is -3.47. The first-order chi connectivity index (χ1) is 15.7. The van der Waals surface area contributed by atoms with Crippen molar-refractivity contribution in [3.63, 3.8) is 0 Å². The summed E-state index contributed by atoms with van der Waals surface area (Å²) in [6.07, 6.45) is 1.54. The molecule has 1 aromatic heterocycles. The molecule has 0 radical (unpaired) electrons. The number of fused-ring (bicyclic) bond motifs is 1. The van der Waals surface area contributed by atoms with Crippen molar-refractivity contribution in [3.8, 4) is 17.2 Å². The van der Waals surface area contributed by atoms with Crippen LogP contribution in [0.5, 0.6) is 17.2 Å². The summed E-state index contributed by atoms with van der Waals surface area (Å²) in [6, 6.07) is 24.1. The molecule has 0 aliphatic carbocycles. The normalized spacial score (nSPS) is 12.0. The van der Waals surface area contributed by atoms with Gasteiger partial charge in [0, 0.05) is 6.54 Å². The molecule has 0 saturated carbocycles. The van der Waals surface area contributed by atoms with Gasteiger partial charge in [-0.15, -0.1) is 0 Å². The van der Waals surface area contributed by atoms with E-state index in [9.17, 15) is 0 Å². The molecule has 0 amide bonds. The second kappa shape index (κ2) is 10.2. The lowest BCUT2D eigenvalue weighted by atomic mass is 10.2. The SMILES string of the molecule is CCC(Oc1cccc(C)c1)c1nc2ccccc2n1CCCOc1ccccc1OC. The summed E-state index contributed by atoms with van der Waals surface area (Å²) in [5, 5.41) is 0. The second-order valence-corrected chi connectivity index (χ2v) is 7.79. The van der Waals surface area contributed by atoms with E-state index in [1.165, 1.54) is 5.56 Å². The standard InChI is InChI=1S/C27H30N2O3/c1-4-24(32-21-12-9-11-20(2)19-21)27-28-22-13-5-6-14-23(22)29(27)17-10-18-31-26-16-8-7-15-25(26)30-3/h5-9,11-16,19,24H,4,10,17-18H2,1-3H3. The zero-order valence-corrected chi connectivity index (χ0v) is 19.0. The molecule has 0 N–H and O–H groups in total. The van der Waals surface area contributed by atoms with Crippen molar-refractivity contribution in [2.24, 2.45) is 0 Å². The fourth-order valence-electron chi connectivity index (χ4n) is 3.89. The minimum atomic E-state index is -0.126. The van der Waals surface area contributed by atoms with E-state index < -0.39 is 0 Å². The van der Waals surface area contributed by atoms with Gasteiger partial charge in [0.15, 0.2) is 23.4 Å². The van der Waals surface area contributed by atoms with Gasteiger partial charge in [-0.2, -0.15) is 0 Å². The number of hydrogen-bond acceptors (Lipinski definition) is 4. The maximum absolute atomic E-state index is 6.38. The largest absolute Gasteiger partial charge is 0.493 e. The average Bonchev–Trinajstić information content (AvgIpc) is 3.19. The number of hydrogen-bond donors (Lipinski definition) is 0. The van der Waals surface area contributed by atoms with Crippen molar-refractivity contribution in [3.05, 3.63) is 84.2 Å². The van der Waals surface area contributed by atoms with Crippen molar-refractivity contribution in [1.82, 2.24) is 9.55 Å². The van der Waals surface area contributed by atoms with Crippen molar-refractivity contribution in [1.29, 1.82) is 0 Å². The Balaban J connectivity index is 1.53. The van der Waals surface area contributed by atoms with Crippen LogP contribution in [0.25, 0.3) is 11.0 Å². The van der Waals surface area contributed by atoms with E-state index in [4.69, 9.17) is 19.2 Å². The highest BCUT2D eigenvalue weighted by atomic mass is 16.5. The van der Waals surface area contributed by atoms with E-state index >= 15 is 0 Å². The highest BCUT2D eigenvalue weighted by Crippen LogP contribution is 2.29. The van der Waals surface area contributed by atoms with Gasteiger partial charge in [-0.3, -0.25) is 0 Å². The molecule has 0 spiro atoms. The van der Waals surface area contributed by atoms with Crippen LogP contribution in [0.3, 0.4) is 0 Å². The van der Waals surface area contributed by atoms with Crippen molar-refractivity contribution < 1.29 is 14.2 Å². The number of methoxy groups -OCH3 is 1. The van der Waals surface area contributed by atoms with Gasteiger partial charge in [-0.05, 0) is 61.7 Å². The molecule has 1 atom stereocenters. The van der Waals surface area contributed by atoms with Gasteiger partial charge in [-0.25, -0.2) is 4.98 Å². The summed E-state index contributed by atoms with van der Waals surface area (Å²) in [7, 11) is 1.66. The minimum absolute atomic E-state index is 0.126. The Labute approximate surface area is 189 Å². The van der Waals surface area contributed by atoms with Crippen LogP contribution in [0.15, 0.2) is 72.8 Å². The molecule has 0 fully saturated rings. The first-order valence-electron chi connectivity index (χ1n) is 11.1. The molecule has 4 aromatic rings. The molecule has 0 aliphatic heterocycles. The third kappa shape index (κ3) is 4.88. The van der Waals surface area contributed by atoms with Crippen molar-refractivity contribution >= 4 is 11.0 Å². The quantitative estimate of drug-likeness (QED) is 0.275. The molecular weight excluding hydrogens is 400 g/mol. The van der Waals surface area contributed by atoms with Crippen LogP contribution in [0.2, 0.25) is 0 Å². The average molecular weight is 431 g/mol. The molecule has 166 valence electrons. The van der Waals surface area contributed by atoms with Gasteiger partial charge in [0.1, 0.15) is 5.75 Å². The van der Waals surface area contributed by atoms with Crippen LogP contribution in [-0.4, -0.2) is 23.3 Å². The fourth-order valence-corrected chi connectivity index (χ4v) is 3.89. The third-order valence-electron chi connectivity index (χ3n) is 5.46. The molecule has 5 heteroatoms. The molecule has 0 bridgehead atoms. The van der Waals surface area contributed by atoms with Gasteiger partial charge >= 0.3 is 0 Å². The number of benzene rings is 3. The highest BCUT2D eigenvalue weighted by Gasteiger charge is 2.20. The zero-order valence-electron chi connectivity index (χ0n) is 19.0. The fraction of sp³-hybridized carbons (Fsp3) is 0.296. The lowest BCUT2D eigenvalue weighted by molar-refractivity contribution is 0.185. The van der Waals surface area contributed by atoms with Gasteiger partial charge < -0.3 is 18.8 Å². The summed E-state index contributed by atoms with van der Waals surface area (Å²) < 4.78 is 20.0. The van der Waals surface area contributed by atoms with Gasteiger partial charge in [0.25, 0.3) is 0 Å². The smallest absolute Gasteiger partial charge is 0.161 e. The van der Waals surface area contributed by atoms with E-state index in [0.29, 0.717) is 6.61 Å². The van der Waals surface area contributed by atoms with Crippen molar-refractivity contribution in [2.75, 3.05) is 13.7 Å². The van der Waals surface area contributed by atoms with E-state index in [-0.39, 0.29) is 6.10 Å². The lowest BCUT2D eigenvalue weighted by Gasteiger charge is -2.19. The van der Waals surface area contributed by atoms with Gasteiger partial charge in [0.2, 0.25) is 0 Å². The predicted molar refractivity (Wildman–Crippen MR) is 128 cm³/mol. The Morgan fingerprint density at radius 3 is 2.50 bits per heavy atom. The molecule has 1 heterocycles. The summed E-state index contributed by atoms with van der Waals surface area (Å²) in [5.74, 6) is 3.33. The first kappa shape index (κ1) is 21.8. The van der Waals surface area contributed by atoms with E-state index in [0.717, 1.165) is 53.5 Å². The van der Waals surface area contributed by atoms with Crippen LogP contribution in [0.1, 0.15) is 37.3 Å². The first-order valence-corrected chi connectivity index (χ1v) is 11.1. The topological polar surface area (TPSA) is 45.5 Å². The molecule has 32 heavy (non-hydrogen) atoms. The Morgan fingerprint density at radius 1 is 0.938 bits per heavy atom. The summed E-state index contributed by atoms with van der Waals surface area (Å²) in [6.45, 7) is 5.58. The van der Waals surface area contributed by atoms with Crippen molar-refractivity contribution in [2.45, 2.75) is 39.3 Å². The third-order valence-corrected chi connectivity index (χ3v) is 5.46. The minimum Gasteiger partial charge on any atom is -0.493 e. The molecule has 1 unspecified atom stereocenters. The molecule has 4 rings (SSSR count). The number of rotatable bonds is 10. The van der Waals surface area contributed by atoms with E-state index in [1.807, 2.05) is 42.5 Å². The number of imidazole rings is 1. The summed E-state index contributed by atoms with van der Waals surface area (Å²) in [4.78, 5) is 4.94. The Kier molecular flexibility index (Phi) is 6.95. The number of nitrogens with zero attached hydrogens (tertiary/aromatic N) is 2. The van der Waals surface area contributed by atoms with E-state index in [1.54, 1.807) is 7.11 Å². The molecule has 5 nitrogen and oxygen atoms in total. The number of para-hydroxylation sites is 4. The molecular formula is C27H30N2O3. The number of aromatic nitrogens is 2. The van der Waals surface area contributed by atoms with E-state index in [2.05, 4.69) is 48.7 Å². The molecule has 0 aliphatic rings. The monoisotopic (exact) mass is 430 g/mol.